The molecule has 0 saturated heterocycles. The second-order valence-corrected chi connectivity index (χ2v) is 18.5. The number of nitrogens with zero attached hydrogens (tertiary/aromatic N) is 3. The van der Waals surface area contributed by atoms with Gasteiger partial charge in [-0.25, -0.2) is 9.97 Å². The minimum Gasteiger partial charge on any atom is -0.456 e. The number of benzene rings is 8. The van der Waals surface area contributed by atoms with Gasteiger partial charge in [0.1, 0.15) is 11.2 Å². The predicted molar refractivity (Wildman–Crippen MR) is 237 cm³/mol. The van der Waals surface area contributed by atoms with Gasteiger partial charge in [-0.1, -0.05) is 152 Å². The third-order valence-electron chi connectivity index (χ3n) is 11.9. The summed E-state index contributed by atoms with van der Waals surface area (Å²) in [5.41, 5.74) is 10.6. The maximum absolute atomic E-state index is 6.33. The van der Waals surface area contributed by atoms with Gasteiger partial charge in [0.25, 0.3) is 0 Å². The fourth-order valence-corrected chi connectivity index (χ4v) is 14.5. The lowest BCUT2D eigenvalue weighted by molar-refractivity contribution is 0.669. The van der Waals surface area contributed by atoms with Crippen LogP contribution in [0.1, 0.15) is 0 Å². The molecule has 0 aliphatic carbocycles. The molecular formula is C52H33N3OSi. The van der Waals surface area contributed by atoms with Crippen LogP contribution < -0.4 is 20.9 Å². The summed E-state index contributed by atoms with van der Waals surface area (Å²) < 4.78 is 8.70. The summed E-state index contributed by atoms with van der Waals surface area (Å²) in [5.74, 6) is 0.726. The maximum atomic E-state index is 6.33. The van der Waals surface area contributed by atoms with E-state index in [9.17, 15) is 0 Å². The van der Waals surface area contributed by atoms with Gasteiger partial charge in [-0.15, -0.1) is 0 Å². The molecule has 1 aliphatic heterocycles. The van der Waals surface area contributed by atoms with Gasteiger partial charge in [-0.05, 0) is 69.7 Å². The van der Waals surface area contributed by atoms with Crippen LogP contribution in [0.15, 0.2) is 205 Å². The Morgan fingerprint density at radius 3 is 1.82 bits per heavy atom. The van der Waals surface area contributed by atoms with E-state index in [1.54, 1.807) is 0 Å². The molecule has 0 radical (unpaired) electrons. The summed E-state index contributed by atoms with van der Waals surface area (Å²) in [4.78, 5) is 11.2. The Morgan fingerprint density at radius 2 is 1.07 bits per heavy atom. The molecule has 4 nitrogen and oxygen atoms in total. The first-order valence-electron chi connectivity index (χ1n) is 19.4. The van der Waals surface area contributed by atoms with Crippen molar-refractivity contribution in [2.45, 2.75) is 0 Å². The summed E-state index contributed by atoms with van der Waals surface area (Å²) >= 11 is 0. The van der Waals surface area contributed by atoms with Gasteiger partial charge in [0, 0.05) is 43.9 Å². The molecule has 0 spiro atoms. The van der Waals surface area contributed by atoms with Gasteiger partial charge in [0.2, 0.25) is 8.07 Å². The van der Waals surface area contributed by atoms with Crippen LogP contribution in [-0.2, 0) is 0 Å². The van der Waals surface area contributed by atoms with Crippen molar-refractivity contribution in [1.82, 2.24) is 14.5 Å². The number of rotatable bonds is 5. The highest BCUT2D eigenvalue weighted by atomic mass is 28.3. The van der Waals surface area contributed by atoms with Crippen LogP contribution in [0, 0.1) is 0 Å². The molecule has 0 bridgehead atoms. The van der Waals surface area contributed by atoms with E-state index in [1.807, 2.05) is 12.1 Å². The highest BCUT2D eigenvalue weighted by Gasteiger charge is 2.51. The van der Waals surface area contributed by atoms with Crippen molar-refractivity contribution in [2.24, 2.45) is 0 Å². The Labute approximate surface area is 330 Å². The molecule has 11 aromatic rings. The molecule has 8 aromatic carbocycles. The first-order chi connectivity index (χ1) is 28.3. The SMILES string of the molecule is c1ccc(-c2nc(-c3ccc(-n4c5ccccc5c5c6c(ccc54)oc4ccccc46)cc3)nc3c2-c2ccccc2[Si]3(c2ccccc2)c2ccccc2)cc1. The van der Waals surface area contributed by atoms with Crippen LogP contribution in [0.25, 0.3) is 83.2 Å². The zero-order chi connectivity index (χ0) is 37.5. The normalized spacial score (nSPS) is 13.1. The molecule has 12 rings (SSSR count). The summed E-state index contributed by atoms with van der Waals surface area (Å²) in [5, 5.41) is 9.79. The number of para-hydroxylation sites is 2. The Hall–Kier alpha value is -7.34. The molecule has 0 unspecified atom stereocenters. The topological polar surface area (TPSA) is 43.9 Å². The lowest BCUT2D eigenvalue weighted by atomic mass is 10.0. The van der Waals surface area contributed by atoms with Crippen molar-refractivity contribution in [1.29, 1.82) is 0 Å². The Balaban J connectivity index is 1.10. The van der Waals surface area contributed by atoms with Gasteiger partial charge in [-0.3, -0.25) is 0 Å². The third kappa shape index (κ3) is 4.55. The number of aromatic nitrogens is 3. The second-order valence-electron chi connectivity index (χ2n) is 14.8. The van der Waals surface area contributed by atoms with Gasteiger partial charge in [0.05, 0.1) is 22.0 Å². The molecule has 1 aliphatic rings. The van der Waals surface area contributed by atoms with Crippen LogP contribution in [0.3, 0.4) is 0 Å². The quantitative estimate of drug-likeness (QED) is 0.165. The number of furan rings is 1. The summed E-state index contributed by atoms with van der Waals surface area (Å²) in [6, 6.07) is 71.8. The fourth-order valence-electron chi connectivity index (χ4n) is 9.52. The lowest BCUT2D eigenvalue weighted by Crippen LogP contribution is -2.73. The van der Waals surface area contributed by atoms with Crippen molar-refractivity contribution in [3.63, 3.8) is 0 Å². The van der Waals surface area contributed by atoms with Crippen molar-refractivity contribution in [3.8, 4) is 39.5 Å². The maximum Gasteiger partial charge on any atom is 0.203 e. The number of hydrogen-bond acceptors (Lipinski definition) is 3. The van der Waals surface area contributed by atoms with Gasteiger partial charge < -0.3 is 8.98 Å². The van der Waals surface area contributed by atoms with Gasteiger partial charge >= 0.3 is 0 Å². The summed E-state index contributed by atoms with van der Waals surface area (Å²) in [7, 11) is -2.87. The first-order valence-corrected chi connectivity index (χ1v) is 21.4. The van der Waals surface area contributed by atoms with Crippen molar-refractivity contribution < 1.29 is 4.42 Å². The summed E-state index contributed by atoms with van der Waals surface area (Å²) in [6.45, 7) is 0. The highest BCUT2D eigenvalue weighted by molar-refractivity contribution is 7.21. The van der Waals surface area contributed by atoms with Crippen LogP contribution >= 0.6 is 0 Å². The largest absolute Gasteiger partial charge is 0.456 e. The summed E-state index contributed by atoms with van der Waals surface area (Å²) in [6.07, 6.45) is 0. The second kappa shape index (κ2) is 12.3. The molecule has 4 heterocycles. The molecule has 0 saturated carbocycles. The molecule has 266 valence electrons. The Bertz CT molecular complexity index is 3300. The lowest BCUT2D eigenvalue weighted by Gasteiger charge is -2.30. The van der Waals surface area contributed by atoms with Crippen molar-refractivity contribution in [2.75, 3.05) is 0 Å². The molecule has 0 fully saturated rings. The van der Waals surface area contributed by atoms with Crippen LogP contribution in [-0.4, -0.2) is 22.6 Å². The molecule has 3 aromatic heterocycles. The average molecular weight is 744 g/mol. The van der Waals surface area contributed by atoms with Crippen LogP contribution in [0.4, 0.5) is 0 Å². The van der Waals surface area contributed by atoms with E-state index in [-0.39, 0.29) is 0 Å². The van der Waals surface area contributed by atoms with E-state index in [1.165, 1.54) is 31.9 Å². The zero-order valence-electron chi connectivity index (χ0n) is 30.8. The van der Waals surface area contributed by atoms with Crippen LogP contribution in [0.2, 0.25) is 0 Å². The van der Waals surface area contributed by atoms with E-state index in [0.29, 0.717) is 0 Å². The van der Waals surface area contributed by atoms with Crippen molar-refractivity contribution in [3.05, 3.63) is 200 Å². The molecule has 5 heteroatoms. The molecule has 0 amide bonds. The first kappa shape index (κ1) is 32.0. The van der Waals surface area contributed by atoms with E-state index in [0.717, 1.165) is 72.2 Å². The molecule has 0 atom stereocenters. The number of fused-ring (bicyclic) bond motifs is 10. The monoisotopic (exact) mass is 743 g/mol. The average Bonchev–Trinajstić information content (AvgIpc) is 3.93. The molecule has 0 N–H and O–H groups in total. The van der Waals surface area contributed by atoms with Gasteiger partial charge in [0.15, 0.2) is 5.82 Å². The smallest absolute Gasteiger partial charge is 0.203 e. The Morgan fingerprint density at radius 1 is 0.439 bits per heavy atom. The van der Waals surface area contributed by atoms with Crippen LogP contribution in [0.5, 0.6) is 0 Å². The van der Waals surface area contributed by atoms with E-state index < -0.39 is 8.07 Å². The molecule has 57 heavy (non-hydrogen) atoms. The standard InChI is InChI=1S/C52H33N3OSi/c1-4-16-34(17-5-1)50-49-41-24-12-15-27-46(41)57(37-18-6-2-7-19-37,38-20-8-3-9-21-38)52(49)54-51(53-50)35-28-30-36(31-29-35)55-42-25-13-10-22-39(42)47-43(55)32-33-45-48(47)40-23-11-14-26-44(40)56-45/h1-33H. The zero-order valence-corrected chi connectivity index (χ0v) is 31.8. The molecular weight excluding hydrogens is 711 g/mol. The minimum absolute atomic E-state index is 0.726. The number of hydrogen-bond donors (Lipinski definition) is 0. The predicted octanol–water partition coefficient (Wildman–Crippen LogP) is 10.2. The third-order valence-corrected chi connectivity index (χ3v) is 16.6. The van der Waals surface area contributed by atoms with E-state index >= 15 is 0 Å². The highest BCUT2D eigenvalue weighted by Crippen LogP contribution is 2.42. The van der Waals surface area contributed by atoms with Crippen molar-refractivity contribution >= 4 is 72.7 Å². The minimum atomic E-state index is -2.87. The fraction of sp³-hybridized carbons (Fsp3) is 0. The van der Waals surface area contributed by atoms with E-state index in [2.05, 4.69) is 193 Å². The Kier molecular flexibility index (Phi) is 6.91. The van der Waals surface area contributed by atoms with E-state index in [4.69, 9.17) is 14.4 Å². The van der Waals surface area contributed by atoms with Gasteiger partial charge in [-0.2, -0.15) is 0 Å².